The first kappa shape index (κ1) is 16.5. The van der Waals surface area contributed by atoms with Gasteiger partial charge in [-0.05, 0) is 58.0 Å². The first-order chi connectivity index (χ1) is 10.7. The molecule has 2 aliphatic rings. The Balaban J connectivity index is 1.67. The van der Waals surface area contributed by atoms with Gasteiger partial charge in [-0.3, -0.25) is 4.79 Å². The normalized spacial score (nSPS) is 27.8. The van der Waals surface area contributed by atoms with E-state index in [0.717, 1.165) is 11.9 Å². The van der Waals surface area contributed by atoms with E-state index in [1.165, 1.54) is 5.56 Å². The Morgan fingerprint density at radius 1 is 1.17 bits per heavy atom. The van der Waals surface area contributed by atoms with Crippen LogP contribution in [0.25, 0.3) is 0 Å². The zero-order chi connectivity index (χ0) is 16.8. The van der Waals surface area contributed by atoms with Gasteiger partial charge in [0, 0.05) is 0 Å². The molecule has 2 fully saturated rings. The standard InChI is InChI=1S/C18H25BO4/c1-6-21-16(20)15-11-14(15)12-7-9-13(10-8-12)19-22-17(2,3)18(4,5)23-19/h7-10,14-15H,6,11H2,1-5H3/t14-,15-/m1/s1. The second kappa shape index (κ2) is 5.64. The van der Waals surface area contributed by atoms with E-state index in [1.54, 1.807) is 0 Å². The predicted molar refractivity (Wildman–Crippen MR) is 89.6 cm³/mol. The van der Waals surface area contributed by atoms with E-state index < -0.39 is 0 Å². The molecule has 1 aromatic carbocycles. The molecule has 1 aromatic rings. The van der Waals surface area contributed by atoms with Crippen LogP contribution in [0.1, 0.15) is 52.5 Å². The summed E-state index contributed by atoms with van der Waals surface area (Å²) in [6.45, 7) is 10.5. The fourth-order valence-electron chi connectivity index (χ4n) is 2.95. The van der Waals surface area contributed by atoms with E-state index in [1.807, 2.05) is 19.1 Å². The maximum Gasteiger partial charge on any atom is 0.494 e. The molecule has 0 unspecified atom stereocenters. The molecule has 0 aromatic heterocycles. The Bertz CT molecular complexity index is 578. The molecule has 0 amide bonds. The van der Waals surface area contributed by atoms with E-state index in [9.17, 15) is 4.79 Å². The highest BCUT2D eigenvalue weighted by atomic mass is 16.7. The summed E-state index contributed by atoms with van der Waals surface area (Å²) in [7, 11) is -0.339. The third-order valence-electron chi connectivity index (χ3n) is 5.27. The lowest BCUT2D eigenvalue weighted by Gasteiger charge is -2.32. The molecule has 1 saturated heterocycles. The number of carbonyl (C=O) groups is 1. The summed E-state index contributed by atoms with van der Waals surface area (Å²) in [4.78, 5) is 11.7. The number of benzene rings is 1. The highest BCUT2D eigenvalue weighted by Gasteiger charge is 2.52. The fourth-order valence-corrected chi connectivity index (χ4v) is 2.95. The van der Waals surface area contributed by atoms with Crippen molar-refractivity contribution in [2.45, 2.75) is 58.2 Å². The quantitative estimate of drug-likeness (QED) is 0.633. The molecule has 3 rings (SSSR count). The molecule has 1 aliphatic carbocycles. The molecule has 1 saturated carbocycles. The first-order valence-corrected chi connectivity index (χ1v) is 8.37. The number of hydrogen-bond donors (Lipinski definition) is 0. The average molecular weight is 316 g/mol. The van der Waals surface area contributed by atoms with Gasteiger partial charge in [-0.1, -0.05) is 24.3 Å². The summed E-state index contributed by atoms with van der Waals surface area (Å²) in [5, 5.41) is 0. The van der Waals surface area contributed by atoms with Gasteiger partial charge < -0.3 is 14.0 Å². The molecule has 4 nitrogen and oxygen atoms in total. The van der Waals surface area contributed by atoms with E-state index >= 15 is 0 Å². The maximum atomic E-state index is 11.7. The summed E-state index contributed by atoms with van der Waals surface area (Å²) in [5.74, 6) is 0.242. The Kier molecular flexibility index (Phi) is 4.05. The maximum absolute atomic E-state index is 11.7. The van der Waals surface area contributed by atoms with E-state index in [0.29, 0.717) is 12.5 Å². The van der Waals surface area contributed by atoms with E-state index in [-0.39, 0.29) is 30.2 Å². The lowest BCUT2D eigenvalue weighted by Crippen LogP contribution is -2.41. The molecule has 5 heteroatoms. The third kappa shape index (κ3) is 3.04. The molecule has 0 radical (unpaired) electrons. The lowest BCUT2D eigenvalue weighted by atomic mass is 9.78. The van der Waals surface area contributed by atoms with E-state index in [2.05, 4.69) is 39.8 Å². The SMILES string of the molecule is CCOC(=O)[C@@H]1C[C@@H]1c1ccc(B2OC(C)(C)C(C)(C)O2)cc1. The highest BCUT2D eigenvalue weighted by Crippen LogP contribution is 2.48. The molecule has 0 N–H and O–H groups in total. The summed E-state index contributed by atoms with van der Waals surface area (Å²) in [5.41, 5.74) is 1.54. The van der Waals surface area contributed by atoms with E-state index in [4.69, 9.17) is 14.0 Å². The Labute approximate surface area is 138 Å². The third-order valence-corrected chi connectivity index (χ3v) is 5.27. The van der Waals surface area contributed by atoms with Crippen molar-refractivity contribution in [3.63, 3.8) is 0 Å². The highest BCUT2D eigenvalue weighted by molar-refractivity contribution is 6.62. The van der Waals surface area contributed by atoms with Crippen molar-refractivity contribution in [1.82, 2.24) is 0 Å². The van der Waals surface area contributed by atoms with Gasteiger partial charge in [-0.15, -0.1) is 0 Å². The molecule has 0 bridgehead atoms. The minimum absolute atomic E-state index is 0.0256. The van der Waals surface area contributed by atoms with Gasteiger partial charge in [-0.25, -0.2) is 0 Å². The van der Waals surface area contributed by atoms with Crippen molar-refractivity contribution in [3.05, 3.63) is 29.8 Å². The smallest absolute Gasteiger partial charge is 0.466 e. The van der Waals surface area contributed by atoms with Crippen LogP contribution in [0.3, 0.4) is 0 Å². The van der Waals surface area contributed by atoms with Gasteiger partial charge >= 0.3 is 13.1 Å². The summed E-state index contributed by atoms with van der Waals surface area (Å²) in [6, 6.07) is 8.23. The van der Waals surface area contributed by atoms with Crippen molar-refractivity contribution in [1.29, 1.82) is 0 Å². The minimum atomic E-state index is -0.339. The van der Waals surface area contributed by atoms with Gasteiger partial charge in [0.15, 0.2) is 0 Å². The van der Waals surface area contributed by atoms with Gasteiger partial charge in [0.25, 0.3) is 0 Å². The number of rotatable bonds is 4. The molecule has 23 heavy (non-hydrogen) atoms. The first-order valence-electron chi connectivity index (χ1n) is 8.37. The zero-order valence-corrected chi connectivity index (χ0v) is 14.6. The van der Waals surface area contributed by atoms with Gasteiger partial charge in [-0.2, -0.15) is 0 Å². The minimum Gasteiger partial charge on any atom is -0.466 e. The van der Waals surface area contributed by atoms with Gasteiger partial charge in [0.1, 0.15) is 0 Å². The van der Waals surface area contributed by atoms with Crippen LogP contribution >= 0.6 is 0 Å². The Morgan fingerprint density at radius 3 is 2.26 bits per heavy atom. The van der Waals surface area contributed by atoms with Crippen LogP contribution in [0, 0.1) is 5.92 Å². The zero-order valence-electron chi connectivity index (χ0n) is 14.6. The van der Waals surface area contributed by atoms with Crippen LogP contribution in [-0.2, 0) is 18.8 Å². The van der Waals surface area contributed by atoms with Crippen LogP contribution in [0.4, 0.5) is 0 Å². The molecule has 0 spiro atoms. The largest absolute Gasteiger partial charge is 0.494 e. The van der Waals surface area contributed by atoms with Crippen molar-refractivity contribution in [2.75, 3.05) is 6.61 Å². The van der Waals surface area contributed by atoms with Crippen LogP contribution in [0.2, 0.25) is 0 Å². The van der Waals surface area contributed by atoms with Gasteiger partial charge in [0.05, 0.1) is 23.7 Å². The van der Waals surface area contributed by atoms with Crippen LogP contribution in [0.5, 0.6) is 0 Å². The molecular weight excluding hydrogens is 291 g/mol. The van der Waals surface area contributed by atoms with Crippen molar-refractivity contribution in [2.24, 2.45) is 5.92 Å². The molecule has 1 heterocycles. The number of esters is 1. The van der Waals surface area contributed by atoms with Crippen molar-refractivity contribution < 1.29 is 18.8 Å². The van der Waals surface area contributed by atoms with Crippen molar-refractivity contribution >= 4 is 18.6 Å². The summed E-state index contributed by atoms with van der Waals surface area (Å²) >= 11 is 0. The topological polar surface area (TPSA) is 44.8 Å². The van der Waals surface area contributed by atoms with Crippen molar-refractivity contribution in [3.8, 4) is 0 Å². The number of hydrogen-bond acceptors (Lipinski definition) is 4. The van der Waals surface area contributed by atoms with Crippen LogP contribution in [-0.4, -0.2) is 30.9 Å². The lowest BCUT2D eigenvalue weighted by molar-refractivity contribution is -0.144. The molecule has 124 valence electrons. The Morgan fingerprint density at radius 2 is 1.74 bits per heavy atom. The monoisotopic (exact) mass is 316 g/mol. The fraction of sp³-hybridized carbons (Fsp3) is 0.611. The summed E-state index contributed by atoms with van der Waals surface area (Å²) < 4.78 is 17.2. The number of carbonyl (C=O) groups excluding carboxylic acids is 1. The van der Waals surface area contributed by atoms with Crippen LogP contribution in [0.15, 0.2) is 24.3 Å². The second-order valence-corrected chi connectivity index (χ2v) is 7.46. The summed E-state index contributed by atoms with van der Waals surface area (Å²) in [6.07, 6.45) is 0.884. The second-order valence-electron chi connectivity index (χ2n) is 7.46. The average Bonchev–Trinajstić information content (AvgIpc) is 3.23. The molecular formula is C18H25BO4. The van der Waals surface area contributed by atoms with Gasteiger partial charge in [0.2, 0.25) is 0 Å². The number of ether oxygens (including phenoxy) is 1. The van der Waals surface area contributed by atoms with Crippen LogP contribution < -0.4 is 5.46 Å². The molecule has 2 atom stereocenters. The Hall–Kier alpha value is -1.33. The molecule has 1 aliphatic heterocycles. The predicted octanol–water partition coefficient (Wildman–Crippen LogP) is 2.65.